The molecule has 0 aliphatic heterocycles. The molecule has 9 heteroatoms. The number of esters is 2. The van der Waals surface area contributed by atoms with Crippen molar-refractivity contribution in [3.8, 4) is 5.75 Å². The molecule has 0 radical (unpaired) electrons. The van der Waals surface area contributed by atoms with Crippen LogP contribution in [0.1, 0.15) is 5.56 Å². The maximum absolute atomic E-state index is 12.5. The molecule has 22 heavy (non-hydrogen) atoms. The number of ether oxygens (including phenoxy) is 2. The van der Waals surface area contributed by atoms with Crippen LogP contribution in [0.2, 0.25) is 0 Å². The van der Waals surface area contributed by atoms with Crippen molar-refractivity contribution in [2.45, 2.75) is 6.18 Å². The lowest BCUT2D eigenvalue weighted by atomic mass is 10.1. The number of methoxy groups -OCH3 is 2. The van der Waals surface area contributed by atoms with Gasteiger partial charge in [0.25, 0.3) is 0 Å². The van der Waals surface area contributed by atoms with Gasteiger partial charge in [0.15, 0.2) is 0 Å². The summed E-state index contributed by atoms with van der Waals surface area (Å²) in [5.41, 5.74) is -1.64. The van der Waals surface area contributed by atoms with Gasteiger partial charge >= 0.3 is 18.1 Å². The number of alkyl halides is 3. The Morgan fingerprint density at radius 2 is 1.86 bits per heavy atom. The zero-order chi connectivity index (χ0) is 16.9. The van der Waals surface area contributed by atoms with Crippen LogP contribution >= 0.6 is 0 Å². The highest BCUT2D eigenvalue weighted by Gasteiger charge is 2.33. The van der Waals surface area contributed by atoms with Gasteiger partial charge in [0.2, 0.25) is 0 Å². The van der Waals surface area contributed by atoms with Gasteiger partial charge in [-0.15, -0.1) is 0 Å². The molecule has 0 heterocycles. The Kier molecular flexibility index (Phi) is 5.39. The summed E-state index contributed by atoms with van der Waals surface area (Å²) in [6.45, 7) is 0. The number of aromatic hydroxyl groups is 1. The van der Waals surface area contributed by atoms with Gasteiger partial charge in [-0.05, 0) is 12.1 Å². The van der Waals surface area contributed by atoms with E-state index >= 15 is 0 Å². The van der Waals surface area contributed by atoms with Gasteiger partial charge in [-0.25, -0.2) is 9.59 Å². The number of nitrogens with one attached hydrogen (secondary N) is 1. The number of carbonyl (C=O) groups excluding carboxylic acids is 2. The Bertz CT molecular complexity index is 610. The maximum atomic E-state index is 12.5. The van der Waals surface area contributed by atoms with Gasteiger partial charge in [-0.1, -0.05) is 0 Å². The summed E-state index contributed by atoms with van der Waals surface area (Å²) < 4.78 is 46.3. The first-order valence-electron chi connectivity index (χ1n) is 5.74. The topological polar surface area (TPSA) is 84.9 Å². The third-order valence-corrected chi connectivity index (χ3v) is 2.45. The summed E-state index contributed by atoms with van der Waals surface area (Å²) in [4.78, 5) is 22.6. The largest absolute Gasteiger partial charge is 0.507 e. The van der Waals surface area contributed by atoms with Gasteiger partial charge in [-0.2, -0.15) is 13.2 Å². The Hall–Kier alpha value is -2.71. The lowest BCUT2D eigenvalue weighted by molar-refractivity contribution is -0.139. The van der Waals surface area contributed by atoms with Gasteiger partial charge < -0.3 is 19.9 Å². The van der Waals surface area contributed by atoms with E-state index in [9.17, 15) is 27.9 Å². The molecule has 0 saturated heterocycles. The number of phenolic OH excluding ortho intramolecular Hbond substituents is 1. The van der Waals surface area contributed by atoms with E-state index in [4.69, 9.17) is 0 Å². The van der Waals surface area contributed by atoms with Crippen LogP contribution in [0.4, 0.5) is 18.9 Å². The molecule has 2 N–H and O–H groups in total. The normalized spacial score (nSPS) is 11.8. The molecule has 1 rings (SSSR count). The third-order valence-electron chi connectivity index (χ3n) is 2.45. The summed E-state index contributed by atoms with van der Waals surface area (Å²) in [5, 5.41) is 11.7. The van der Waals surface area contributed by atoms with Crippen LogP contribution < -0.4 is 5.32 Å². The maximum Gasteiger partial charge on any atom is 0.419 e. The molecule has 0 aromatic heterocycles. The molecule has 0 bridgehead atoms. The van der Waals surface area contributed by atoms with E-state index in [0.29, 0.717) is 6.07 Å². The second-order valence-electron chi connectivity index (χ2n) is 3.93. The van der Waals surface area contributed by atoms with Gasteiger partial charge in [-0.3, -0.25) is 0 Å². The van der Waals surface area contributed by atoms with Crippen molar-refractivity contribution in [3.05, 3.63) is 35.5 Å². The van der Waals surface area contributed by atoms with Gasteiger partial charge in [0.1, 0.15) is 11.4 Å². The Labute approximate surface area is 123 Å². The van der Waals surface area contributed by atoms with E-state index < -0.39 is 29.4 Å². The average molecular weight is 319 g/mol. The molecule has 1 aromatic carbocycles. The Balaban J connectivity index is 3.10. The van der Waals surface area contributed by atoms with Crippen LogP contribution in [0.5, 0.6) is 5.75 Å². The van der Waals surface area contributed by atoms with E-state index in [-0.39, 0.29) is 11.4 Å². The fraction of sp³-hybridized carbons (Fsp3) is 0.231. The SMILES string of the molecule is COC(=O)/C=C(/Nc1ccc(C(F)(F)F)c(O)c1)C(=O)OC. The second kappa shape index (κ2) is 6.83. The number of rotatable bonds is 4. The third kappa shape index (κ3) is 4.40. The molecule has 0 unspecified atom stereocenters. The zero-order valence-electron chi connectivity index (χ0n) is 11.5. The number of phenols is 1. The quantitative estimate of drug-likeness (QED) is 0.653. The zero-order valence-corrected chi connectivity index (χ0v) is 11.5. The van der Waals surface area contributed by atoms with Crippen molar-refractivity contribution >= 4 is 17.6 Å². The highest BCUT2D eigenvalue weighted by Crippen LogP contribution is 2.37. The van der Waals surface area contributed by atoms with E-state index in [1.165, 1.54) is 0 Å². The summed E-state index contributed by atoms with van der Waals surface area (Å²) in [7, 11) is 2.14. The molecule has 0 aliphatic carbocycles. The predicted molar refractivity (Wildman–Crippen MR) is 68.8 cm³/mol. The lowest BCUT2D eigenvalue weighted by Crippen LogP contribution is -2.15. The average Bonchev–Trinajstić information content (AvgIpc) is 2.44. The van der Waals surface area contributed by atoms with E-state index in [1.54, 1.807) is 0 Å². The number of carbonyl (C=O) groups is 2. The monoisotopic (exact) mass is 319 g/mol. The van der Waals surface area contributed by atoms with E-state index in [1.807, 2.05) is 0 Å². The molecule has 0 fully saturated rings. The molecule has 0 amide bonds. The summed E-state index contributed by atoms with van der Waals surface area (Å²) in [6, 6.07) is 2.37. The number of halogens is 3. The first-order chi connectivity index (χ1) is 10.2. The van der Waals surface area contributed by atoms with Crippen molar-refractivity contribution in [1.29, 1.82) is 0 Å². The van der Waals surface area contributed by atoms with Crippen molar-refractivity contribution in [2.75, 3.05) is 19.5 Å². The summed E-state index contributed by atoms with van der Waals surface area (Å²) in [6.07, 6.45) is -3.95. The van der Waals surface area contributed by atoms with Crippen LogP contribution in [0, 0.1) is 0 Å². The Morgan fingerprint density at radius 3 is 2.32 bits per heavy atom. The first-order valence-corrected chi connectivity index (χ1v) is 5.74. The molecular weight excluding hydrogens is 307 g/mol. The van der Waals surface area contributed by atoms with Gasteiger partial charge in [0, 0.05) is 11.8 Å². The van der Waals surface area contributed by atoms with Crippen molar-refractivity contribution in [2.24, 2.45) is 0 Å². The van der Waals surface area contributed by atoms with Crippen molar-refractivity contribution in [3.63, 3.8) is 0 Å². The molecule has 1 aromatic rings. The predicted octanol–water partition coefficient (Wildman–Crippen LogP) is 2.05. The fourth-order valence-corrected chi connectivity index (χ4v) is 1.44. The Morgan fingerprint density at radius 1 is 1.23 bits per heavy atom. The van der Waals surface area contributed by atoms with Gasteiger partial charge in [0.05, 0.1) is 25.9 Å². The minimum absolute atomic E-state index is 0.0500. The highest BCUT2D eigenvalue weighted by atomic mass is 19.4. The van der Waals surface area contributed by atoms with E-state index in [2.05, 4.69) is 14.8 Å². The van der Waals surface area contributed by atoms with Crippen molar-refractivity contribution in [1.82, 2.24) is 0 Å². The van der Waals surface area contributed by atoms with Crippen LogP contribution in [0.15, 0.2) is 30.0 Å². The minimum Gasteiger partial charge on any atom is -0.507 e. The number of anilines is 1. The van der Waals surface area contributed by atoms with Crippen molar-refractivity contribution < 1.29 is 37.3 Å². The molecule has 6 nitrogen and oxygen atoms in total. The smallest absolute Gasteiger partial charge is 0.419 e. The summed E-state index contributed by atoms with van der Waals surface area (Å²) in [5.74, 6) is -2.84. The number of hydrogen-bond donors (Lipinski definition) is 2. The molecule has 120 valence electrons. The summed E-state index contributed by atoms with van der Waals surface area (Å²) >= 11 is 0. The molecular formula is C13H12F3NO5. The van der Waals surface area contributed by atoms with Crippen LogP contribution in [0.3, 0.4) is 0 Å². The van der Waals surface area contributed by atoms with Crippen LogP contribution in [0.25, 0.3) is 0 Å². The molecule has 0 atom stereocenters. The van der Waals surface area contributed by atoms with E-state index in [0.717, 1.165) is 32.4 Å². The molecule has 0 spiro atoms. The fourth-order valence-electron chi connectivity index (χ4n) is 1.44. The molecule has 0 aliphatic rings. The lowest BCUT2D eigenvalue weighted by Gasteiger charge is -2.12. The second-order valence-corrected chi connectivity index (χ2v) is 3.93. The highest BCUT2D eigenvalue weighted by molar-refractivity contribution is 5.98. The number of hydrogen-bond acceptors (Lipinski definition) is 6. The standard InChI is InChI=1S/C13H12F3NO5/c1-21-11(19)6-9(12(20)22-2)17-7-3-4-8(10(18)5-7)13(14,15)16/h3-6,17-18H,1-2H3/b9-6+. The first kappa shape index (κ1) is 17.3. The minimum atomic E-state index is -4.71. The van der Waals surface area contributed by atoms with Crippen LogP contribution in [-0.2, 0) is 25.2 Å². The number of benzene rings is 1. The van der Waals surface area contributed by atoms with Crippen LogP contribution in [-0.4, -0.2) is 31.3 Å². The molecule has 0 saturated carbocycles.